The third-order valence-corrected chi connectivity index (χ3v) is 5.16. The Kier molecular flexibility index (Phi) is 4.91. The number of fused-ring (bicyclic) bond motifs is 1. The van der Waals surface area contributed by atoms with Crippen LogP contribution in [0.1, 0.15) is 10.4 Å². The molecule has 1 amide bonds. The highest BCUT2D eigenvalue weighted by Gasteiger charge is 2.13. The van der Waals surface area contributed by atoms with Crippen LogP contribution in [0.5, 0.6) is 0 Å². The average molecular weight is 423 g/mol. The van der Waals surface area contributed by atoms with E-state index in [1.54, 1.807) is 36.1 Å². The Morgan fingerprint density at radius 3 is 2.50 bits per heavy atom. The van der Waals surface area contributed by atoms with Gasteiger partial charge in [0, 0.05) is 41.4 Å². The van der Waals surface area contributed by atoms with Crippen LogP contribution in [0.2, 0.25) is 0 Å². The van der Waals surface area contributed by atoms with Crippen LogP contribution in [0, 0.1) is 5.82 Å². The first-order valence-electron chi connectivity index (χ1n) is 9.99. The van der Waals surface area contributed by atoms with Crippen molar-refractivity contribution in [3.8, 4) is 22.5 Å². The van der Waals surface area contributed by atoms with Crippen molar-refractivity contribution in [2.24, 2.45) is 7.05 Å². The molecule has 2 aromatic carbocycles. The minimum atomic E-state index is -0.387. The van der Waals surface area contributed by atoms with Gasteiger partial charge < -0.3 is 5.32 Å². The van der Waals surface area contributed by atoms with Crippen LogP contribution in [0.15, 0.2) is 85.2 Å². The second kappa shape index (κ2) is 8.03. The third kappa shape index (κ3) is 3.83. The van der Waals surface area contributed by atoms with Gasteiger partial charge in [-0.3, -0.25) is 19.4 Å². The molecule has 7 heteroatoms. The summed E-state index contributed by atoms with van der Waals surface area (Å²) in [6.45, 7) is 0. The van der Waals surface area contributed by atoms with Gasteiger partial charge in [-0.2, -0.15) is 5.10 Å². The number of nitrogens with zero attached hydrogens (tertiary/aromatic N) is 4. The van der Waals surface area contributed by atoms with Gasteiger partial charge in [0.25, 0.3) is 5.91 Å². The van der Waals surface area contributed by atoms with Crippen LogP contribution in [0.3, 0.4) is 0 Å². The van der Waals surface area contributed by atoms with Gasteiger partial charge in [0.2, 0.25) is 0 Å². The highest BCUT2D eigenvalue weighted by molar-refractivity contribution is 6.06. The van der Waals surface area contributed by atoms with E-state index in [2.05, 4.69) is 20.4 Å². The molecule has 5 aromatic rings. The van der Waals surface area contributed by atoms with E-state index in [1.807, 2.05) is 48.5 Å². The van der Waals surface area contributed by atoms with Gasteiger partial charge in [0.1, 0.15) is 11.6 Å². The molecule has 0 bridgehead atoms. The van der Waals surface area contributed by atoms with Gasteiger partial charge in [0.15, 0.2) is 0 Å². The van der Waals surface area contributed by atoms with E-state index in [0.29, 0.717) is 22.6 Å². The fourth-order valence-electron chi connectivity index (χ4n) is 3.47. The van der Waals surface area contributed by atoms with Crippen LogP contribution in [-0.2, 0) is 7.05 Å². The molecule has 3 aromatic heterocycles. The lowest BCUT2D eigenvalue weighted by Gasteiger charge is -2.07. The first kappa shape index (κ1) is 19.6. The molecule has 0 fully saturated rings. The summed E-state index contributed by atoms with van der Waals surface area (Å²) in [4.78, 5) is 21.4. The molecule has 6 nitrogen and oxygen atoms in total. The van der Waals surface area contributed by atoms with Gasteiger partial charge in [-0.1, -0.05) is 36.4 Å². The van der Waals surface area contributed by atoms with E-state index in [-0.39, 0.29) is 11.7 Å². The number of amides is 1. The van der Waals surface area contributed by atoms with E-state index in [9.17, 15) is 9.18 Å². The van der Waals surface area contributed by atoms with Crippen molar-refractivity contribution in [2.45, 2.75) is 0 Å². The topological polar surface area (TPSA) is 72.7 Å². The largest absolute Gasteiger partial charge is 0.307 e. The molecule has 32 heavy (non-hydrogen) atoms. The van der Waals surface area contributed by atoms with Crippen LogP contribution >= 0.6 is 0 Å². The van der Waals surface area contributed by atoms with Crippen molar-refractivity contribution in [1.29, 1.82) is 0 Å². The van der Waals surface area contributed by atoms with E-state index in [0.717, 1.165) is 22.2 Å². The zero-order valence-corrected chi connectivity index (χ0v) is 17.2. The fourth-order valence-corrected chi connectivity index (χ4v) is 3.47. The number of rotatable bonds is 4. The maximum atomic E-state index is 13.1. The highest BCUT2D eigenvalue weighted by Crippen LogP contribution is 2.24. The normalized spacial score (nSPS) is 10.9. The minimum Gasteiger partial charge on any atom is -0.307 e. The van der Waals surface area contributed by atoms with Crippen molar-refractivity contribution in [2.75, 3.05) is 5.32 Å². The SMILES string of the molecule is Cn1nc(-c2ccccc2)cc1NC(=O)c1ccc2cc(-c3ccc(F)cn3)cnc2c1. The zero-order valence-electron chi connectivity index (χ0n) is 17.2. The summed E-state index contributed by atoms with van der Waals surface area (Å²) in [6.07, 6.45) is 2.84. The van der Waals surface area contributed by atoms with Crippen molar-refractivity contribution in [1.82, 2.24) is 19.7 Å². The van der Waals surface area contributed by atoms with Crippen LogP contribution < -0.4 is 5.32 Å². The number of carbonyl (C=O) groups is 1. The molecule has 0 aliphatic carbocycles. The number of carbonyl (C=O) groups excluding carboxylic acids is 1. The summed E-state index contributed by atoms with van der Waals surface area (Å²) < 4.78 is 14.8. The zero-order chi connectivity index (χ0) is 22.1. The molecule has 3 heterocycles. The summed E-state index contributed by atoms with van der Waals surface area (Å²) in [5.74, 6) is -0.0392. The maximum Gasteiger partial charge on any atom is 0.256 e. The fraction of sp³-hybridized carbons (Fsp3) is 0.0400. The minimum absolute atomic E-state index is 0.249. The summed E-state index contributed by atoms with van der Waals surface area (Å²) in [6, 6.07) is 21.8. The Balaban J connectivity index is 1.39. The maximum absolute atomic E-state index is 13.1. The molecule has 156 valence electrons. The highest BCUT2D eigenvalue weighted by atomic mass is 19.1. The van der Waals surface area contributed by atoms with E-state index in [4.69, 9.17) is 0 Å². The Morgan fingerprint density at radius 2 is 1.72 bits per heavy atom. The number of anilines is 1. The first-order chi connectivity index (χ1) is 15.6. The first-order valence-corrected chi connectivity index (χ1v) is 9.99. The Labute approximate surface area is 183 Å². The van der Waals surface area contributed by atoms with Gasteiger partial charge in [-0.05, 0) is 30.3 Å². The third-order valence-electron chi connectivity index (χ3n) is 5.16. The summed E-state index contributed by atoms with van der Waals surface area (Å²) in [5, 5.41) is 8.25. The van der Waals surface area contributed by atoms with Crippen molar-refractivity contribution >= 4 is 22.6 Å². The van der Waals surface area contributed by atoms with Gasteiger partial charge in [0.05, 0.1) is 23.1 Å². The molecule has 0 atom stereocenters. The van der Waals surface area contributed by atoms with Crippen LogP contribution in [0.4, 0.5) is 10.2 Å². The number of benzene rings is 2. The molecular weight excluding hydrogens is 405 g/mol. The second-order valence-corrected chi connectivity index (χ2v) is 7.35. The number of aromatic nitrogens is 4. The van der Waals surface area contributed by atoms with Crippen molar-refractivity contribution in [3.63, 3.8) is 0 Å². The van der Waals surface area contributed by atoms with E-state index < -0.39 is 0 Å². The van der Waals surface area contributed by atoms with Crippen LogP contribution in [-0.4, -0.2) is 25.7 Å². The number of aryl methyl sites for hydroxylation is 1. The standard InChI is InChI=1S/C25H18FN5O/c1-31-24(13-23(30-31)16-5-3-2-4-6-16)29-25(32)18-8-7-17-11-19(14-27-22(17)12-18)21-10-9-20(26)15-28-21/h2-15H,1H3,(H,29,32). The smallest absolute Gasteiger partial charge is 0.256 e. The predicted octanol–water partition coefficient (Wildman–Crippen LogP) is 5.09. The summed E-state index contributed by atoms with van der Waals surface area (Å²) in [7, 11) is 1.79. The number of pyridine rings is 2. The number of hydrogen-bond acceptors (Lipinski definition) is 4. The molecule has 0 unspecified atom stereocenters. The average Bonchev–Trinajstić information content (AvgIpc) is 3.19. The van der Waals surface area contributed by atoms with Crippen molar-refractivity contribution < 1.29 is 9.18 Å². The van der Waals surface area contributed by atoms with Crippen molar-refractivity contribution in [3.05, 3.63) is 96.6 Å². The summed E-state index contributed by atoms with van der Waals surface area (Å²) >= 11 is 0. The number of nitrogens with one attached hydrogen (secondary N) is 1. The molecule has 0 saturated carbocycles. The molecule has 0 radical (unpaired) electrons. The molecular formula is C25H18FN5O. The predicted molar refractivity (Wildman–Crippen MR) is 122 cm³/mol. The Hall–Kier alpha value is -4.39. The number of hydrogen-bond donors (Lipinski definition) is 1. The molecule has 0 saturated heterocycles. The molecule has 0 spiro atoms. The Bertz CT molecular complexity index is 1430. The lowest BCUT2D eigenvalue weighted by atomic mass is 10.1. The quantitative estimate of drug-likeness (QED) is 0.437. The van der Waals surface area contributed by atoms with Gasteiger partial charge in [-0.15, -0.1) is 0 Å². The van der Waals surface area contributed by atoms with E-state index >= 15 is 0 Å². The monoisotopic (exact) mass is 423 g/mol. The molecule has 1 N–H and O–H groups in total. The Morgan fingerprint density at radius 1 is 0.875 bits per heavy atom. The van der Waals surface area contributed by atoms with Gasteiger partial charge >= 0.3 is 0 Å². The van der Waals surface area contributed by atoms with Crippen LogP contribution in [0.25, 0.3) is 33.4 Å². The number of halogens is 1. The molecule has 0 aliphatic rings. The molecule has 0 aliphatic heterocycles. The summed E-state index contributed by atoms with van der Waals surface area (Å²) in [5.41, 5.74) is 4.33. The molecule has 5 rings (SSSR count). The lowest BCUT2D eigenvalue weighted by molar-refractivity contribution is 0.102. The van der Waals surface area contributed by atoms with E-state index in [1.165, 1.54) is 12.3 Å². The lowest BCUT2D eigenvalue weighted by Crippen LogP contribution is -2.14. The van der Waals surface area contributed by atoms with Gasteiger partial charge in [-0.25, -0.2) is 4.39 Å². The second-order valence-electron chi connectivity index (χ2n) is 7.35.